The van der Waals surface area contributed by atoms with Crippen LogP contribution < -0.4 is 9.80 Å². The van der Waals surface area contributed by atoms with Crippen molar-refractivity contribution in [3.63, 3.8) is 0 Å². The van der Waals surface area contributed by atoms with Crippen molar-refractivity contribution in [1.82, 2.24) is 0 Å². The number of carbonyl (C=O) groups excluding carboxylic acids is 1. The molecule has 1 saturated heterocycles. The first-order valence-corrected chi connectivity index (χ1v) is 10.8. The summed E-state index contributed by atoms with van der Waals surface area (Å²) in [5, 5.41) is 0. The van der Waals surface area contributed by atoms with E-state index in [2.05, 4.69) is 0 Å². The molecule has 1 amide bonds. The monoisotopic (exact) mass is 470 g/mol. The van der Waals surface area contributed by atoms with Gasteiger partial charge in [-0.05, 0) is 54.1 Å². The molecule has 3 aromatic carbocycles. The van der Waals surface area contributed by atoms with Crippen LogP contribution in [0.3, 0.4) is 0 Å². The lowest BCUT2D eigenvalue weighted by molar-refractivity contribution is -0.137. The van der Waals surface area contributed by atoms with Gasteiger partial charge in [-0.15, -0.1) is 0 Å². The van der Waals surface area contributed by atoms with E-state index >= 15 is 0 Å². The number of alkyl halides is 3. The highest BCUT2D eigenvalue weighted by atomic mass is 32.2. The average molecular weight is 471 g/mol. The highest BCUT2D eigenvalue weighted by molar-refractivity contribution is 8.27. The number of thiocarbonyl (C=S) groups is 1. The average Bonchev–Trinajstić information content (AvgIpc) is 3.06. The molecular formula is C24H17F3N2OS2. The van der Waals surface area contributed by atoms with Gasteiger partial charge >= 0.3 is 6.18 Å². The Labute approximate surface area is 193 Å². The number of carbonyl (C=O) groups is 1. The van der Waals surface area contributed by atoms with Crippen molar-refractivity contribution < 1.29 is 18.0 Å². The van der Waals surface area contributed by atoms with Crippen LogP contribution in [-0.2, 0) is 11.0 Å². The summed E-state index contributed by atoms with van der Waals surface area (Å²) in [7, 11) is 1.96. The highest BCUT2D eigenvalue weighted by Crippen LogP contribution is 2.38. The van der Waals surface area contributed by atoms with Crippen molar-refractivity contribution in [2.45, 2.75) is 6.18 Å². The Bertz CT molecular complexity index is 1190. The molecule has 1 aliphatic heterocycles. The van der Waals surface area contributed by atoms with Crippen LogP contribution in [-0.4, -0.2) is 17.3 Å². The summed E-state index contributed by atoms with van der Waals surface area (Å²) in [4.78, 5) is 16.4. The maximum Gasteiger partial charge on any atom is 0.416 e. The van der Waals surface area contributed by atoms with Crippen LogP contribution in [0.1, 0.15) is 11.1 Å². The Balaban J connectivity index is 1.56. The molecule has 3 aromatic rings. The lowest BCUT2D eigenvalue weighted by Crippen LogP contribution is -2.27. The van der Waals surface area contributed by atoms with E-state index in [0.717, 1.165) is 45.7 Å². The van der Waals surface area contributed by atoms with Gasteiger partial charge in [0.05, 0.1) is 16.2 Å². The summed E-state index contributed by atoms with van der Waals surface area (Å²) in [6, 6.07) is 22.1. The van der Waals surface area contributed by atoms with E-state index in [4.69, 9.17) is 12.2 Å². The molecule has 0 aliphatic carbocycles. The fraction of sp³-hybridized carbons (Fsp3) is 0.0833. The molecule has 3 nitrogen and oxygen atoms in total. The Hall–Kier alpha value is -3.10. The van der Waals surface area contributed by atoms with Crippen LogP contribution in [0.15, 0.2) is 83.8 Å². The van der Waals surface area contributed by atoms with Crippen molar-refractivity contribution >= 4 is 57.3 Å². The van der Waals surface area contributed by atoms with Gasteiger partial charge in [-0.25, -0.2) is 0 Å². The van der Waals surface area contributed by atoms with Gasteiger partial charge in [-0.2, -0.15) is 13.2 Å². The zero-order valence-corrected chi connectivity index (χ0v) is 18.5. The van der Waals surface area contributed by atoms with Gasteiger partial charge in [0.15, 0.2) is 4.32 Å². The number of halogens is 3. The van der Waals surface area contributed by atoms with Gasteiger partial charge in [0.1, 0.15) is 0 Å². The molecule has 0 spiro atoms. The second-order valence-electron chi connectivity index (χ2n) is 7.05. The standard InChI is InChI=1S/C24H17F3N2OS2/c1-28(18-7-3-2-4-8-18)19-12-10-16(11-13-19)14-21-22(30)29(23(31)32-21)20-9-5-6-17(15-20)24(25,26)27/h2-15H,1H3. The van der Waals surface area contributed by atoms with Crippen molar-refractivity contribution in [2.24, 2.45) is 0 Å². The number of amides is 1. The largest absolute Gasteiger partial charge is 0.416 e. The quantitative estimate of drug-likeness (QED) is 0.306. The molecule has 0 radical (unpaired) electrons. The third-order valence-electron chi connectivity index (χ3n) is 4.95. The summed E-state index contributed by atoms with van der Waals surface area (Å²) in [6.07, 6.45) is -2.81. The minimum atomic E-state index is -4.50. The normalized spacial score (nSPS) is 15.5. The van der Waals surface area contributed by atoms with E-state index < -0.39 is 17.6 Å². The Morgan fingerprint density at radius 3 is 2.25 bits per heavy atom. The molecule has 0 atom stereocenters. The van der Waals surface area contributed by atoms with Crippen LogP contribution >= 0.6 is 24.0 Å². The number of rotatable bonds is 4. The number of hydrogen-bond donors (Lipinski definition) is 0. The van der Waals surface area contributed by atoms with E-state index in [1.807, 2.05) is 66.5 Å². The molecule has 0 saturated carbocycles. The number of hydrogen-bond acceptors (Lipinski definition) is 4. The number of benzene rings is 3. The predicted molar refractivity (Wildman–Crippen MR) is 128 cm³/mol. The summed E-state index contributed by atoms with van der Waals surface area (Å²) >= 11 is 6.35. The van der Waals surface area contributed by atoms with Crippen molar-refractivity contribution in [3.8, 4) is 0 Å². The van der Waals surface area contributed by atoms with Crippen LogP contribution in [0.2, 0.25) is 0 Å². The molecule has 1 fully saturated rings. The molecule has 8 heteroatoms. The van der Waals surface area contributed by atoms with Crippen LogP contribution in [0.25, 0.3) is 6.08 Å². The first-order chi connectivity index (χ1) is 15.2. The molecule has 0 N–H and O–H groups in total. The van der Waals surface area contributed by atoms with E-state index in [0.29, 0.717) is 4.91 Å². The predicted octanol–water partition coefficient (Wildman–Crippen LogP) is 6.88. The Morgan fingerprint density at radius 2 is 1.59 bits per heavy atom. The first kappa shape index (κ1) is 22.1. The second kappa shape index (κ2) is 8.80. The SMILES string of the molecule is CN(c1ccccc1)c1ccc(C=C2SC(=S)N(c3cccc(C(F)(F)F)c3)C2=O)cc1. The van der Waals surface area contributed by atoms with Gasteiger partial charge < -0.3 is 4.90 Å². The summed E-state index contributed by atoms with van der Waals surface area (Å²) < 4.78 is 39.4. The zero-order valence-electron chi connectivity index (χ0n) is 16.8. The number of nitrogens with zero attached hydrogens (tertiary/aromatic N) is 2. The van der Waals surface area contributed by atoms with Gasteiger partial charge in [-0.1, -0.05) is 60.4 Å². The summed E-state index contributed by atoms with van der Waals surface area (Å²) in [5.41, 5.74) is 2.09. The zero-order chi connectivity index (χ0) is 22.9. The summed E-state index contributed by atoms with van der Waals surface area (Å²) in [6.45, 7) is 0. The highest BCUT2D eigenvalue weighted by Gasteiger charge is 2.36. The van der Waals surface area contributed by atoms with E-state index in [1.165, 1.54) is 12.1 Å². The number of anilines is 3. The number of thioether (sulfide) groups is 1. The smallest absolute Gasteiger partial charge is 0.345 e. The third-order valence-corrected chi connectivity index (χ3v) is 6.25. The van der Waals surface area contributed by atoms with Crippen LogP contribution in [0.5, 0.6) is 0 Å². The first-order valence-electron chi connectivity index (χ1n) is 9.58. The lowest BCUT2D eigenvalue weighted by atomic mass is 10.1. The second-order valence-corrected chi connectivity index (χ2v) is 8.73. The molecule has 0 aromatic heterocycles. The lowest BCUT2D eigenvalue weighted by Gasteiger charge is -2.19. The van der Waals surface area contributed by atoms with Crippen molar-refractivity contribution in [3.05, 3.63) is 94.9 Å². The molecule has 1 heterocycles. The van der Waals surface area contributed by atoms with Gasteiger partial charge in [-0.3, -0.25) is 9.69 Å². The molecule has 0 bridgehead atoms. The minimum absolute atomic E-state index is 0.102. The Morgan fingerprint density at radius 1 is 0.938 bits per heavy atom. The maximum atomic E-state index is 13.1. The summed E-state index contributed by atoms with van der Waals surface area (Å²) in [5.74, 6) is -0.440. The van der Waals surface area contributed by atoms with Gasteiger partial charge in [0.2, 0.25) is 0 Å². The van der Waals surface area contributed by atoms with Crippen molar-refractivity contribution in [2.75, 3.05) is 16.8 Å². The molecule has 0 unspecified atom stereocenters. The fourth-order valence-corrected chi connectivity index (χ4v) is 4.56. The van der Waals surface area contributed by atoms with Gasteiger partial charge in [0, 0.05) is 18.4 Å². The molecule has 1 aliphatic rings. The Kier molecular flexibility index (Phi) is 6.08. The molecular weight excluding hydrogens is 453 g/mol. The molecule has 32 heavy (non-hydrogen) atoms. The van der Waals surface area contributed by atoms with Crippen molar-refractivity contribution in [1.29, 1.82) is 0 Å². The minimum Gasteiger partial charge on any atom is -0.345 e. The molecule has 4 rings (SSSR count). The van der Waals surface area contributed by atoms with Gasteiger partial charge in [0.25, 0.3) is 5.91 Å². The van der Waals surface area contributed by atoms with Crippen LogP contribution in [0.4, 0.5) is 30.2 Å². The fourth-order valence-electron chi connectivity index (χ4n) is 3.26. The van der Waals surface area contributed by atoms with E-state index in [-0.39, 0.29) is 10.0 Å². The number of para-hydroxylation sites is 1. The van der Waals surface area contributed by atoms with Crippen LogP contribution in [0, 0.1) is 0 Å². The van der Waals surface area contributed by atoms with E-state index in [1.54, 1.807) is 6.08 Å². The third kappa shape index (κ3) is 4.56. The maximum absolute atomic E-state index is 13.1. The topological polar surface area (TPSA) is 23.6 Å². The van der Waals surface area contributed by atoms with E-state index in [9.17, 15) is 18.0 Å². The molecule has 162 valence electrons.